The van der Waals surface area contributed by atoms with Crippen molar-refractivity contribution in [2.45, 2.75) is 32.9 Å². The third-order valence-corrected chi connectivity index (χ3v) is 5.55. The van der Waals surface area contributed by atoms with Crippen molar-refractivity contribution in [3.63, 3.8) is 0 Å². The van der Waals surface area contributed by atoms with E-state index in [9.17, 15) is 9.59 Å². The lowest BCUT2D eigenvalue weighted by Gasteiger charge is -2.20. The van der Waals surface area contributed by atoms with Gasteiger partial charge in [-0.1, -0.05) is 90.0 Å². The molecule has 0 unspecified atom stereocenters. The first-order chi connectivity index (χ1) is 15.0. The van der Waals surface area contributed by atoms with Crippen LogP contribution in [-0.4, -0.2) is 9.13 Å². The van der Waals surface area contributed by atoms with Crippen molar-refractivity contribution in [3.05, 3.63) is 140 Å². The van der Waals surface area contributed by atoms with Gasteiger partial charge in [-0.2, -0.15) is 0 Å². The number of hydrogen-bond acceptors (Lipinski definition) is 2. The van der Waals surface area contributed by atoms with Gasteiger partial charge in [0.05, 0.1) is 6.54 Å². The van der Waals surface area contributed by atoms with Crippen LogP contribution in [-0.2, 0) is 13.1 Å². The summed E-state index contributed by atoms with van der Waals surface area (Å²) in [6, 6.07) is 27.9. The fourth-order valence-corrected chi connectivity index (χ4v) is 4.15. The standard InChI is InChI=1S/C27H26N2O2/c1-20-15-21(2)17-22(16-20)18-29-26(30)13-14-28(27(29)31)19-25(23-9-5-3-6-10-23)24-11-7-4-8-12-24/h3-17,25H,18-19H2,1-2H3. The Bertz CT molecular complexity index is 1230. The Balaban J connectivity index is 1.73. The van der Waals surface area contributed by atoms with Crippen LogP contribution >= 0.6 is 0 Å². The molecule has 0 N–H and O–H groups in total. The first kappa shape index (κ1) is 20.6. The summed E-state index contributed by atoms with van der Waals surface area (Å²) < 4.78 is 2.97. The molecule has 4 nitrogen and oxygen atoms in total. The summed E-state index contributed by atoms with van der Waals surface area (Å²) >= 11 is 0. The number of nitrogens with zero attached hydrogens (tertiary/aromatic N) is 2. The number of rotatable bonds is 6. The Labute approximate surface area is 182 Å². The van der Waals surface area contributed by atoms with Gasteiger partial charge in [0, 0.05) is 24.7 Å². The van der Waals surface area contributed by atoms with E-state index in [2.05, 4.69) is 30.3 Å². The molecule has 0 aliphatic carbocycles. The summed E-state index contributed by atoms with van der Waals surface area (Å²) in [7, 11) is 0. The molecule has 4 heteroatoms. The van der Waals surface area contributed by atoms with Crippen molar-refractivity contribution in [2.75, 3.05) is 0 Å². The monoisotopic (exact) mass is 410 g/mol. The Kier molecular flexibility index (Phi) is 5.99. The predicted octanol–water partition coefficient (Wildman–Crippen LogP) is 4.51. The molecule has 156 valence electrons. The fraction of sp³-hybridized carbons (Fsp3) is 0.185. The van der Waals surface area contributed by atoms with Gasteiger partial charge in [0.1, 0.15) is 0 Å². The molecule has 0 atom stereocenters. The third kappa shape index (κ3) is 4.75. The highest BCUT2D eigenvalue weighted by atomic mass is 16.2. The van der Waals surface area contributed by atoms with E-state index >= 15 is 0 Å². The van der Waals surface area contributed by atoms with Crippen LogP contribution in [0.1, 0.15) is 33.7 Å². The topological polar surface area (TPSA) is 44.0 Å². The zero-order valence-electron chi connectivity index (χ0n) is 17.9. The highest BCUT2D eigenvalue weighted by Gasteiger charge is 2.17. The van der Waals surface area contributed by atoms with Gasteiger partial charge < -0.3 is 0 Å². The third-order valence-electron chi connectivity index (χ3n) is 5.55. The first-order valence-electron chi connectivity index (χ1n) is 10.5. The largest absolute Gasteiger partial charge is 0.331 e. The normalized spacial score (nSPS) is 11.1. The van der Waals surface area contributed by atoms with E-state index in [0.29, 0.717) is 6.54 Å². The molecule has 0 aliphatic heterocycles. The predicted molar refractivity (Wildman–Crippen MR) is 125 cm³/mol. The average Bonchev–Trinajstić information content (AvgIpc) is 2.77. The molecule has 0 spiro atoms. The van der Waals surface area contributed by atoms with Crippen LogP contribution in [0.15, 0.2) is 101 Å². The molecule has 4 rings (SSSR count). The fourth-order valence-electron chi connectivity index (χ4n) is 4.15. The Morgan fingerprint density at radius 1 is 0.742 bits per heavy atom. The minimum Gasteiger partial charge on any atom is -0.299 e. The Morgan fingerprint density at radius 2 is 1.29 bits per heavy atom. The molecular formula is C27H26N2O2. The number of aromatic nitrogens is 2. The molecule has 1 heterocycles. The number of hydrogen-bond donors (Lipinski definition) is 0. The minimum atomic E-state index is -0.288. The summed E-state index contributed by atoms with van der Waals surface area (Å²) in [5, 5.41) is 0. The maximum atomic E-state index is 13.3. The molecule has 1 aromatic heterocycles. The molecule has 0 saturated heterocycles. The Hall–Kier alpha value is -3.66. The molecule has 4 aromatic rings. The van der Waals surface area contributed by atoms with Crippen LogP contribution in [0.3, 0.4) is 0 Å². The van der Waals surface area contributed by atoms with Crippen LogP contribution in [0.25, 0.3) is 0 Å². The van der Waals surface area contributed by atoms with Crippen LogP contribution in [0.5, 0.6) is 0 Å². The van der Waals surface area contributed by atoms with Gasteiger partial charge in [-0.3, -0.25) is 13.9 Å². The summed E-state index contributed by atoms with van der Waals surface area (Å²) in [5.74, 6) is 0.00673. The van der Waals surface area contributed by atoms with Crippen LogP contribution in [0, 0.1) is 13.8 Å². The zero-order valence-corrected chi connectivity index (χ0v) is 17.9. The SMILES string of the molecule is Cc1cc(C)cc(Cn2c(=O)ccn(CC(c3ccccc3)c3ccccc3)c2=O)c1. The van der Waals surface area contributed by atoms with E-state index in [-0.39, 0.29) is 23.7 Å². The second-order valence-electron chi connectivity index (χ2n) is 8.04. The number of benzene rings is 3. The number of aryl methyl sites for hydroxylation is 2. The van der Waals surface area contributed by atoms with Crippen LogP contribution < -0.4 is 11.2 Å². The van der Waals surface area contributed by atoms with E-state index in [1.807, 2.05) is 62.4 Å². The Morgan fingerprint density at radius 3 is 1.84 bits per heavy atom. The maximum Gasteiger partial charge on any atom is 0.331 e. The smallest absolute Gasteiger partial charge is 0.299 e. The lowest BCUT2D eigenvalue weighted by atomic mass is 9.91. The van der Waals surface area contributed by atoms with Crippen LogP contribution in [0.4, 0.5) is 0 Å². The summed E-state index contributed by atoms with van der Waals surface area (Å²) in [5.41, 5.74) is 4.89. The first-order valence-corrected chi connectivity index (χ1v) is 10.5. The van der Waals surface area contributed by atoms with E-state index < -0.39 is 0 Å². The quantitative estimate of drug-likeness (QED) is 0.470. The van der Waals surface area contributed by atoms with Gasteiger partial charge in [0.15, 0.2) is 0 Å². The molecule has 0 radical (unpaired) electrons. The second-order valence-corrected chi connectivity index (χ2v) is 8.04. The van der Waals surface area contributed by atoms with Gasteiger partial charge in [-0.05, 0) is 30.5 Å². The zero-order chi connectivity index (χ0) is 21.8. The molecule has 0 amide bonds. The van der Waals surface area contributed by atoms with Crippen molar-refractivity contribution < 1.29 is 0 Å². The van der Waals surface area contributed by atoms with Gasteiger partial charge in [0.2, 0.25) is 0 Å². The van der Waals surface area contributed by atoms with Crippen LogP contribution in [0.2, 0.25) is 0 Å². The van der Waals surface area contributed by atoms with Crippen molar-refractivity contribution in [1.82, 2.24) is 9.13 Å². The molecule has 0 saturated carbocycles. The van der Waals surface area contributed by atoms with Gasteiger partial charge in [-0.25, -0.2) is 4.79 Å². The molecule has 0 bridgehead atoms. The summed E-state index contributed by atoms with van der Waals surface area (Å²) in [6.45, 7) is 4.77. The lowest BCUT2D eigenvalue weighted by molar-refractivity contribution is 0.545. The molecule has 0 fully saturated rings. The van der Waals surface area contributed by atoms with Gasteiger partial charge in [-0.15, -0.1) is 0 Å². The molecule has 3 aromatic carbocycles. The average molecular weight is 411 g/mol. The van der Waals surface area contributed by atoms with Gasteiger partial charge in [0.25, 0.3) is 5.56 Å². The van der Waals surface area contributed by atoms with E-state index in [1.54, 1.807) is 10.8 Å². The molecular weight excluding hydrogens is 384 g/mol. The molecule has 31 heavy (non-hydrogen) atoms. The van der Waals surface area contributed by atoms with Crippen molar-refractivity contribution in [3.8, 4) is 0 Å². The second kappa shape index (κ2) is 9.00. The van der Waals surface area contributed by atoms with Gasteiger partial charge >= 0.3 is 5.69 Å². The van der Waals surface area contributed by atoms with Crippen molar-refractivity contribution >= 4 is 0 Å². The van der Waals surface area contributed by atoms with Crippen molar-refractivity contribution in [2.24, 2.45) is 0 Å². The van der Waals surface area contributed by atoms with E-state index in [4.69, 9.17) is 0 Å². The highest BCUT2D eigenvalue weighted by molar-refractivity contribution is 5.32. The van der Waals surface area contributed by atoms with E-state index in [0.717, 1.165) is 27.8 Å². The summed E-state index contributed by atoms with van der Waals surface area (Å²) in [6.07, 6.45) is 1.61. The minimum absolute atomic E-state index is 0.00673. The summed E-state index contributed by atoms with van der Waals surface area (Å²) in [4.78, 5) is 25.8. The van der Waals surface area contributed by atoms with E-state index in [1.165, 1.54) is 10.6 Å². The highest BCUT2D eigenvalue weighted by Crippen LogP contribution is 2.25. The molecule has 0 aliphatic rings. The maximum absolute atomic E-state index is 13.3. The van der Waals surface area contributed by atoms with Crippen molar-refractivity contribution in [1.29, 1.82) is 0 Å². The lowest BCUT2D eigenvalue weighted by Crippen LogP contribution is -2.40.